The highest BCUT2D eigenvalue weighted by Crippen LogP contribution is 2.28. The van der Waals surface area contributed by atoms with Gasteiger partial charge in [-0.05, 0) is 44.5 Å². The number of pyridine rings is 2. The molecule has 0 radical (unpaired) electrons. The van der Waals surface area contributed by atoms with Gasteiger partial charge in [0.2, 0.25) is 0 Å². The van der Waals surface area contributed by atoms with Gasteiger partial charge in [-0.1, -0.05) is 12.1 Å². The number of hydrogen-bond donors (Lipinski definition) is 1. The normalized spacial score (nSPS) is 12.3. The van der Waals surface area contributed by atoms with Crippen LogP contribution in [0.2, 0.25) is 0 Å². The molecule has 7 nitrogen and oxygen atoms in total. The van der Waals surface area contributed by atoms with Crippen LogP contribution in [0.25, 0.3) is 22.6 Å². The van der Waals surface area contributed by atoms with Crippen LogP contribution >= 0.6 is 0 Å². The predicted molar refractivity (Wildman–Crippen MR) is 100 cm³/mol. The van der Waals surface area contributed by atoms with Crippen LogP contribution in [0, 0.1) is 25.2 Å². The molecule has 4 rings (SSSR count). The molecule has 0 fully saturated rings. The third-order valence-corrected chi connectivity index (χ3v) is 4.50. The number of fused-ring (bicyclic) bond motifs is 1. The van der Waals surface area contributed by atoms with Gasteiger partial charge in [-0.2, -0.15) is 15.5 Å². The first-order chi connectivity index (χ1) is 13.0. The van der Waals surface area contributed by atoms with Crippen molar-refractivity contribution in [2.24, 2.45) is 0 Å². The average Bonchev–Trinajstić information content (AvgIpc) is 3.23. The van der Waals surface area contributed by atoms with E-state index in [1.54, 1.807) is 23.9 Å². The van der Waals surface area contributed by atoms with Crippen molar-refractivity contribution in [2.45, 2.75) is 26.9 Å². The Kier molecular flexibility index (Phi) is 3.98. The van der Waals surface area contributed by atoms with Crippen LogP contribution in [0.4, 0.5) is 0 Å². The molecule has 0 aliphatic carbocycles. The maximum Gasteiger partial charge on any atom is 0.163 e. The number of hydrogen-bond acceptors (Lipinski definition) is 5. The first-order valence-corrected chi connectivity index (χ1v) is 8.58. The Labute approximate surface area is 156 Å². The zero-order valence-electron chi connectivity index (χ0n) is 15.2. The lowest BCUT2D eigenvalue weighted by Gasteiger charge is -2.14. The molecule has 0 aromatic carbocycles. The van der Waals surface area contributed by atoms with Crippen LogP contribution in [0.1, 0.15) is 35.5 Å². The van der Waals surface area contributed by atoms with Gasteiger partial charge < -0.3 is 5.11 Å². The Balaban J connectivity index is 1.93. The predicted octanol–water partition coefficient (Wildman–Crippen LogP) is 3.12. The third kappa shape index (κ3) is 2.86. The molecular formula is C20H18N6O. The minimum atomic E-state index is -0.720. The number of aromatic nitrogens is 5. The minimum absolute atomic E-state index is 0.308. The molecule has 27 heavy (non-hydrogen) atoms. The summed E-state index contributed by atoms with van der Waals surface area (Å²) >= 11 is 0. The van der Waals surface area contributed by atoms with Crippen LogP contribution in [0.15, 0.2) is 42.7 Å². The van der Waals surface area contributed by atoms with Crippen molar-refractivity contribution in [1.29, 1.82) is 5.26 Å². The molecule has 134 valence electrons. The molecule has 4 heterocycles. The summed E-state index contributed by atoms with van der Waals surface area (Å²) in [6.07, 6.45) is 3.02. The van der Waals surface area contributed by atoms with Crippen molar-refractivity contribution in [1.82, 2.24) is 24.4 Å². The molecule has 1 N–H and O–H groups in total. The Morgan fingerprint density at radius 2 is 2.00 bits per heavy atom. The Morgan fingerprint density at radius 3 is 2.70 bits per heavy atom. The summed E-state index contributed by atoms with van der Waals surface area (Å²) < 4.78 is 3.42. The highest BCUT2D eigenvalue weighted by molar-refractivity contribution is 5.78. The minimum Gasteiger partial charge on any atom is -0.389 e. The summed E-state index contributed by atoms with van der Waals surface area (Å²) in [4.78, 5) is 4.77. The van der Waals surface area contributed by atoms with Gasteiger partial charge in [0, 0.05) is 23.0 Å². The number of rotatable bonds is 3. The largest absolute Gasteiger partial charge is 0.389 e. The van der Waals surface area contributed by atoms with Crippen molar-refractivity contribution in [3.8, 4) is 23.1 Å². The van der Waals surface area contributed by atoms with Crippen LogP contribution in [-0.4, -0.2) is 29.5 Å². The van der Waals surface area contributed by atoms with E-state index < -0.39 is 6.10 Å². The number of nitriles is 1. The van der Waals surface area contributed by atoms with Crippen LogP contribution in [0.3, 0.4) is 0 Å². The molecule has 0 saturated carbocycles. The van der Waals surface area contributed by atoms with Crippen molar-refractivity contribution in [2.75, 3.05) is 0 Å². The van der Waals surface area contributed by atoms with E-state index in [1.165, 1.54) is 0 Å². The molecule has 0 aliphatic rings. The van der Waals surface area contributed by atoms with Crippen molar-refractivity contribution in [3.63, 3.8) is 0 Å². The molecule has 1 unspecified atom stereocenters. The summed E-state index contributed by atoms with van der Waals surface area (Å²) in [5.74, 6) is 0.507. The number of aryl methyl sites for hydroxylation is 2. The fourth-order valence-corrected chi connectivity index (χ4v) is 3.13. The fourth-order valence-electron chi connectivity index (χ4n) is 3.13. The SMILES string of the molecule is Cc1ccc2c(-c3ccc(C(C)O)c(-n4nc(C#N)cc4C)n3)cnn2c1. The zero-order valence-corrected chi connectivity index (χ0v) is 15.2. The lowest BCUT2D eigenvalue weighted by atomic mass is 10.1. The van der Waals surface area contributed by atoms with E-state index in [-0.39, 0.29) is 0 Å². The van der Waals surface area contributed by atoms with Crippen LogP contribution in [-0.2, 0) is 0 Å². The fraction of sp³-hybridized carbons (Fsp3) is 0.200. The molecule has 0 bridgehead atoms. The summed E-state index contributed by atoms with van der Waals surface area (Å²) in [7, 11) is 0. The Hall–Kier alpha value is -3.50. The van der Waals surface area contributed by atoms with E-state index in [0.29, 0.717) is 17.1 Å². The van der Waals surface area contributed by atoms with E-state index in [1.807, 2.05) is 54.9 Å². The molecule has 0 saturated heterocycles. The van der Waals surface area contributed by atoms with Crippen molar-refractivity contribution in [3.05, 3.63) is 65.2 Å². The van der Waals surface area contributed by atoms with Gasteiger partial charge >= 0.3 is 0 Å². The standard InChI is InChI=1S/C20H18N6O/c1-12-4-7-19-17(10-22-25(19)11-12)18-6-5-16(14(3)27)20(23-18)26-13(2)8-15(9-21)24-26/h4-8,10-11,14,27H,1-3H3. The number of aliphatic hydroxyl groups excluding tert-OH is 1. The Morgan fingerprint density at radius 1 is 1.19 bits per heavy atom. The maximum absolute atomic E-state index is 10.2. The summed E-state index contributed by atoms with van der Waals surface area (Å²) in [5, 5.41) is 28.0. The second-order valence-corrected chi connectivity index (χ2v) is 6.57. The molecule has 0 aliphatic heterocycles. The Bertz CT molecular complexity index is 1200. The molecule has 1 atom stereocenters. The highest BCUT2D eigenvalue weighted by atomic mass is 16.3. The summed E-state index contributed by atoms with van der Waals surface area (Å²) in [6.45, 7) is 5.55. The molecule has 4 aromatic heterocycles. The second-order valence-electron chi connectivity index (χ2n) is 6.57. The number of nitrogens with zero attached hydrogens (tertiary/aromatic N) is 6. The first-order valence-electron chi connectivity index (χ1n) is 8.58. The lowest BCUT2D eigenvalue weighted by molar-refractivity contribution is 0.198. The van der Waals surface area contributed by atoms with Crippen LogP contribution < -0.4 is 0 Å². The molecule has 0 spiro atoms. The van der Waals surface area contributed by atoms with E-state index in [9.17, 15) is 5.11 Å². The smallest absolute Gasteiger partial charge is 0.163 e. The monoisotopic (exact) mass is 358 g/mol. The van der Waals surface area contributed by atoms with Gasteiger partial charge in [-0.25, -0.2) is 14.2 Å². The summed E-state index contributed by atoms with van der Waals surface area (Å²) in [6, 6.07) is 11.5. The number of aliphatic hydroxyl groups is 1. The second kappa shape index (κ2) is 6.34. The van der Waals surface area contributed by atoms with E-state index >= 15 is 0 Å². The van der Waals surface area contributed by atoms with Gasteiger partial charge in [0.05, 0.1) is 23.5 Å². The molecule has 4 aromatic rings. The van der Waals surface area contributed by atoms with Gasteiger partial charge in [0.1, 0.15) is 6.07 Å². The highest BCUT2D eigenvalue weighted by Gasteiger charge is 2.18. The van der Waals surface area contributed by atoms with Gasteiger partial charge in [0.25, 0.3) is 0 Å². The quantitative estimate of drug-likeness (QED) is 0.607. The third-order valence-electron chi connectivity index (χ3n) is 4.50. The van der Waals surface area contributed by atoms with Gasteiger partial charge in [0.15, 0.2) is 11.5 Å². The van der Waals surface area contributed by atoms with Crippen molar-refractivity contribution < 1.29 is 5.11 Å². The maximum atomic E-state index is 10.2. The zero-order chi connectivity index (χ0) is 19.1. The topological polar surface area (TPSA) is 92.0 Å². The molecule has 0 amide bonds. The van der Waals surface area contributed by atoms with Gasteiger partial charge in [-0.15, -0.1) is 0 Å². The molecular weight excluding hydrogens is 340 g/mol. The molecule has 7 heteroatoms. The van der Waals surface area contributed by atoms with Crippen molar-refractivity contribution >= 4 is 5.52 Å². The van der Waals surface area contributed by atoms with Crippen LogP contribution in [0.5, 0.6) is 0 Å². The average molecular weight is 358 g/mol. The first kappa shape index (κ1) is 16.9. The van der Waals surface area contributed by atoms with E-state index in [0.717, 1.165) is 28.0 Å². The van der Waals surface area contributed by atoms with E-state index in [4.69, 9.17) is 10.2 Å². The van der Waals surface area contributed by atoms with E-state index in [2.05, 4.69) is 10.2 Å². The van der Waals surface area contributed by atoms with Gasteiger partial charge in [-0.3, -0.25) is 0 Å². The lowest BCUT2D eigenvalue weighted by Crippen LogP contribution is -2.09. The summed E-state index contributed by atoms with van der Waals surface area (Å²) in [5.41, 5.74) is 5.39.